The van der Waals surface area contributed by atoms with E-state index in [4.69, 9.17) is 22.2 Å². The summed E-state index contributed by atoms with van der Waals surface area (Å²) in [7, 11) is 1.66. The van der Waals surface area contributed by atoms with Gasteiger partial charge < -0.3 is 4.74 Å². The van der Waals surface area contributed by atoms with Crippen LogP contribution in [-0.4, -0.2) is 19.3 Å². The summed E-state index contributed by atoms with van der Waals surface area (Å²) in [6.45, 7) is 2.08. The highest BCUT2D eigenvalue weighted by molar-refractivity contribution is 6.30. The Kier molecular flexibility index (Phi) is 6.57. The molecule has 0 aliphatic carbocycles. The second-order valence-electron chi connectivity index (χ2n) is 4.29. The van der Waals surface area contributed by atoms with Gasteiger partial charge in [-0.25, -0.2) is 4.39 Å². The molecule has 0 saturated heterocycles. The number of nitrogens with one attached hydrogen (secondary N) is 1. The van der Waals surface area contributed by atoms with Crippen molar-refractivity contribution in [3.05, 3.63) is 34.6 Å². The smallest absolute Gasteiger partial charge is 0.142 e. The van der Waals surface area contributed by atoms with E-state index in [-0.39, 0.29) is 17.2 Å². The van der Waals surface area contributed by atoms with E-state index in [1.54, 1.807) is 19.2 Å². The fourth-order valence-electron chi connectivity index (χ4n) is 1.99. The van der Waals surface area contributed by atoms with Gasteiger partial charge in [0, 0.05) is 7.11 Å². The van der Waals surface area contributed by atoms with Crippen LogP contribution in [0.4, 0.5) is 4.39 Å². The Labute approximate surface area is 112 Å². The molecule has 2 atom stereocenters. The Bertz CT molecular complexity index is 376. The van der Waals surface area contributed by atoms with Crippen LogP contribution in [0.5, 0.6) is 0 Å². The summed E-state index contributed by atoms with van der Waals surface area (Å²) in [6, 6.07) is 4.75. The van der Waals surface area contributed by atoms with Gasteiger partial charge in [-0.1, -0.05) is 31.0 Å². The summed E-state index contributed by atoms with van der Waals surface area (Å²) in [4.78, 5) is 0. The lowest BCUT2D eigenvalue weighted by Gasteiger charge is -2.25. The number of hydrogen-bond donors (Lipinski definition) is 2. The van der Waals surface area contributed by atoms with E-state index in [1.807, 2.05) is 0 Å². The molecule has 1 aromatic carbocycles. The van der Waals surface area contributed by atoms with E-state index in [0.717, 1.165) is 18.4 Å². The Hall–Kier alpha value is -0.680. The molecular formula is C13H20ClFN2O. The van der Waals surface area contributed by atoms with Crippen LogP contribution in [0.2, 0.25) is 5.02 Å². The molecule has 0 aliphatic rings. The Morgan fingerprint density at radius 2 is 2.22 bits per heavy atom. The van der Waals surface area contributed by atoms with Gasteiger partial charge in [-0.15, -0.1) is 0 Å². The molecule has 0 aromatic heterocycles. The zero-order chi connectivity index (χ0) is 13.5. The molecule has 0 heterocycles. The first-order valence-electron chi connectivity index (χ1n) is 6.05. The van der Waals surface area contributed by atoms with Crippen molar-refractivity contribution in [3.8, 4) is 0 Å². The largest absolute Gasteiger partial charge is 0.380 e. The second kappa shape index (κ2) is 7.69. The van der Waals surface area contributed by atoms with Crippen LogP contribution in [0.25, 0.3) is 0 Å². The molecule has 3 N–H and O–H groups in total. The summed E-state index contributed by atoms with van der Waals surface area (Å²) >= 11 is 5.65. The highest BCUT2D eigenvalue weighted by Gasteiger charge is 2.20. The van der Waals surface area contributed by atoms with Crippen molar-refractivity contribution >= 4 is 11.6 Å². The predicted molar refractivity (Wildman–Crippen MR) is 71.9 cm³/mol. The molecule has 18 heavy (non-hydrogen) atoms. The standard InChI is InChI=1S/C13H20ClFN2O/c1-3-4-13(18-2)12(17-16)8-9-5-6-10(14)11(15)7-9/h5-7,12-13,17H,3-4,8,16H2,1-2H3. The maximum Gasteiger partial charge on any atom is 0.142 e. The van der Waals surface area contributed by atoms with Gasteiger partial charge in [-0.2, -0.15) is 0 Å². The summed E-state index contributed by atoms with van der Waals surface area (Å²) < 4.78 is 18.8. The zero-order valence-electron chi connectivity index (χ0n) is 10.7. The van der Waals surface area contributed by atoms with E-state index in [9.17, 15) is 4.39 Å². The third kappa shape index (κ3) is 4.21. The molecule has 0 aliphatic heterocycles. The van der Waals surface area contributed by atoms with E-state index >= 15 is 0 Å². The van der Waals surface area contributed by atoms with Gasteiger partial charge in [0.2, 0.25) is 0 Å². The van der Waals surface area contributed by atoms with Crippen LogP contribution in [0, 0.1) is 5.82 Å². The lowest BCUT2D eigenvalue weighted by molar-refractivity contribution is 0.0609. The van der Waals surface area contributed by atoms with Crippen LogP contribution in [0.15, 0.2) is 18.2 Å². The molecule has 0 bridgehead atoms. The monoisotopic (exact) mass is 274 g/mol. The fourth-order valence-corrected chi connectivity index (χ4v) is 2.10. The third-order valence-electron chi connectivity index (χ3n) is 2.98. The lowest BCUT2D eigenvalue weighted by Crippen LogP contribution is -2.46. The SMILES string of the molecule is CCCC(OC)C(Cc1ccc(Cl)c(F)c1)NN. The molecule has 0 fully saturated rings. The van der Waals surface area contributed by atoms with Crippen molar-refractivity contribution in [1.29, 1.82) is 0 Å². The number of benzene rings is 1. The number of nitrogens with two attached hydrogens (primary N) is 1. The number of rotatable bonds is 7. The molecule has 0 spiro atoms. The number of halogens is 2. The maximum absolute atomic E-state index is 13.3. The van der Waals surface area contributed by atoms with Crippen molar-refractivity contribution in [2.75, 3.05) is 7.11 Å². The average Bonchev–Trinajstić information content (AvgIpc) is 2.37. The minimum Gasteiger partial charge on any atom is -0.380 e. The lowest BCUT2D eigenvalue weighted by atomic mass is 9.99. The minimum absolute atomic E-state index is 0.0127. The van der Waals surface area contributed by atoms with Crippen molar-refractivity contribution in [1.82, 2.24) is 5.43 Å². The molecule has 3 nitrogen and oxygen atoms in total. The molecule has 5 heteroatoms. The first-order valence-corrected chi connectivity index (χ1v) is 6.43. The quantitative estimate of drug-likeness (QED) is 0.594. The van der Waals surface area contributed by atoms with Gasteiger partial charge in [0.05, 0.1) is 17.2 Å². The Morgan fingerprint density at radius 1 is 1.50 bits per heavy atom. The molecule has 1 aromatic rings. The van der Waals surface area contributed by atoms with Gasteiger partial charge in [0.1, 0.15) is 5.82 Å². The van der Waals surface area contributed by atoms with E-state index in [0.29, 0.717) is 6.42 Å². The predicted octanol–water partition coefficient (Wildman–Crippen LogP) is 2.67. The van der Waals surface area contributed by atoms with Gasteiger partial charge in [-0.05, 0) is 30.5 Å². The van der Waals surface area contributed by atoms with Crippen LogP contribution < -0.4 is 11.3 Å². The Morgan fingerprint density at radius 3 is 2.72 bits per heavy atom. The maximum atomic E-state index is 13.3. The molecular weight excluding hydrogens is 255 g/mol. The third-order valence-corrected chi connectivity index (χ3v) is 3.28. The molecule has 2 unspecified atom stereocenters. The number of ether oxygens (including phenoxy) is 1. The molecule has 0 saturated carbocycles. The van der Waals surface area contributed by atoms with Crippen molar-refractivity contribution in [3.63, 3.8) is 0 Å². The topological polar surface area (TPSA) is 47.3 Å². The van der Waals surface area contributed by atoms with Crippen LogP contribution in [0.3, 0.4) is 0 Å². The van der Waals surface area contributed by atoms with Gasteiger partial charge >= 0.3 is 0 Å². The normalized spacial score (nSPS) is 14.5. The highest BCUT2D eigenvalue weighted by atomic mass is 35.5. The molecule has 1 rings (SSSR count). The minimum atomic E-state index is -0.408. The van der Waals surface area contributed by atoms with E-state index < -0.39 is 5.82 Å². The van der Waals surface area contributed by atoms with Crippen LogP contribution >= 0.6 is 11.6 Å². The summed E-state index contributed by atoms with van der Waals surface area (Å²) in [5, 5.41) is 0.132. The first-order chi connectivity index (χ1) is 8.62. The summed E-state index contributed by atoms with van der Waals surface area (Å²) in [5.74, 6) is 5.14. The average molecular weight is 275 g/mol. The number of methoxy groups -OCH3 is 1. The van der Waals surface area contributed by atoms with Gasteiger partial charge in [0.15, 0.2) is 0 Å². The molecule has 0 amide bonds. The first kappa shape index (κ1) is 15.4. The summed E-state index contributed by atoms with van der Waals surface area (Å²) in [6.07, 6.45) is 2.52. The molecule has 102 valence electrons. The van der Waals surface area contributed by atoms with Crippen molar-refractivity contribution < 1.29 is 9.13 Å². The highest BCUT2D eigenvalue weighted by Crippen LogP contribution is 2.18. The fraction of sp³-hybridized carbons (Fsp3) is 0.538. The second-order valence-corrected chi connectivity index (χ2v) is 4.70. The van der Waals surface area contributed by atoms with E-state index in [2.05, 4.69) is 12.3 Å². The number of hydrogen-bond acceptors (Lipinski definition) is 3. The van der Waals surface area contributed by atoms with Crippen molar-refractivity contribution in [2.24, 2.45) is 5.84 Å². The zero-order valence-corrected chi connectivity index (χ0v) is 11.5. The number of hydrazine groups is 1. The summed E-state index contributed by atoms with van der Waals surface area (Å²) in [5.41, 5.74) is 3.59. The van der Waals surface area contributed by atoms with Crippen LogP contribution in [0.1, 0.15) is 25.3 Å². The van der Waals surface area contributed by atoms with Crippen molar-refractivity contribution in [2.45, 2.75) is 38.3 Å². The van der Waals surface area contributed by atoms with Crippen LogP contribution in [-0.2, 0) is 11.2 Å². The Balaban J connectivity index is 2.74. The van der Waals surface area contributed by atoms with Gasteiger partial charge in [0.25, 0.3) is 0 Å². The van der Waals surface area contributed by atoms with Gasteiger partial charge in [-0.3, -0.25) is 11.3 Å². The molecule has 0 radical (unpaired) electrons. The van der Waals surface area contributed by atoms with E-state index in [1.165, 1.54) is 6.07 Å².